The molecule has 2 aromatic rings. The summed E-state index contributed by atoms with van der Waals surface area (Å²) in [5.74, 6) is 2.29. The monoisotopic (exact) mass is 408 g/mol. The van der Waals surface area contributed by atoms with E-state index in [0.717, 1.165) is 30.2 Å². The average Bonchev–Trinajstić information content (AvgIpc) is 3.24. The first-order valence-corrected chi connectivity index (χ1v) is 10.7. The van der Waals surface area contributed by atoms with E-state index in [9.17, 15) is 4.79 Å². The highest BCUT2D eigenvalue weighted by Gasteiger charge is 2.46. The first-order valence-electron chi connectivity index (χ1n) is 10.7. The van der Waals surface area contributed by atoms with Crippen LogP contribution in [0.15, 0.2) is 24.3 Å². The summed E-state index contributed by atoms with van der Waals surface area (Å²) in [6, 6.07) is 7.83. The van der Waals surface area contributed by atoms with Crippen molar-refractivity contribution in [3.8, 4) is 11.5 Å². The zero-order valence-corrected chi connectivity index (χ0v) is 17.9. The maximum atomic E-state index is 13.5. The van der Waals surface area contributed by atoms with Crippen molar-refractivity contribution in [1.29, 1.82) is 0 Å². The molecule has 5 rings (SSSR count). The molecule has 1 aromatic carbocycles. The second-order valence-corrected chi connectivity index (χ2v) is 8.85. The van der Waals surface area contributed by atoms with Gasteiger partial charge in [0.25, 0.3) is 5.91 Å². The Labute approximate surface area is 177 Å². The summed E-state index contributed by atoms with van der Waals surface area (Å²) in [7, 11) is 3.82. The van der Waals surface area contributed by atoms with Crippen LogP contribution >= 0.6 is 0 Å². The molecule has 0 saturated heterocycles. The smallest absolute Gasteiger partial charge is 0.274 e. The van der Waals surface area contributed by atoms with Crippen molar-refractivity contribution in [3.05, 3.63) is 41.1 Å². The summed E-state index contributed by atoms with van der Waals surface area (Å²) in [5.41, 5.74) is 2.86. The third-order valence-corrected chi connectivity index (χ3v) is 6.83. The largest absolute Gasteiger partial charge is 0.486 e. The molecule has 158 valence electrons. The first-order chi connectivity index (χ1) is 14.5. The number of nitrogens with zero attached hydrogens (tertiary/aromatic N) is 4. The predicted octanol–water partition coefficient (Wildman–Crippen LogP) is 3.34. The molecular weight excluding hydrogens is 380 g/mol. The number of hydrogen-bond acceptors (Lipinski definition) is 6. The zero-order chi connectivity index (χ0) is 20.9. The molecule has 7 heteroatoms. The molecule has 3 heterocycles. The van der Waals surface area contributed by atoms with Crippen molar-refractivity contribution in [2.45, 2.75) is 44.1 Å². The van der Waals surface area contributed by atoms with Gasteiger partial charge in [-0.2, -0.15) is 0 Å². The molecule has 1 atom stereocenters. The molecule has 1 unspecified atom stereocenters. The lowest BCUT2D eigenvalue weighted by molar-refractivity contribution is 0.0586. The van der Waals surface area contributed by atoms with Crippen molar-refractivity contribution >= 4 is 11.7 Å². The van der Waals surface area contributed by atoms with Gasteiger partial charge in [0.15, 0.2) is 23.0 Å². The lowest BCUT2D eigenvalue weighted by Crippen LogP contribution is -2.49. The standard InChI is InChI=1S/C23H28N4O3/c1-15-16-12-19-20(30-11-10-29-19)13-17(16)23(8-4-5-9-23)14-27(15)22(28)18-6-7-21(25-24-18)26(2)3/h6-7,12-13,15H,4-5,8-11,14H2,1-3H3. The van der Waals surface area contributed by atoms with E-state index in [-0.39, 0.29) is 17.4 Å². The van der Waals surface area contributed by atoms with Crippen LogP contribution in [-0.2, 0) is 5.41 Å². The number of carbonyl (C=O) groups is 1. The molecule has 2 aliphatic heterocycles. The Kier molecular flexibility index (Phi) is 4.56. The summed E-state index contributed by atoms with van der Waals surface area (Å²) in [4.78, 5) is 17.3. The van der Waals surface area contributed by atoms with Crippen LogP contribution in [0.25, 0.3) is 0 Å². The zero-order valence-electron chi connectivity index (χ0n) is 17.9. The molecule has 1 fully saturated rings. The van der Waals surface area contributed by atoms with Gasteiger partial charge >= 0.3 is 0 Å². The Bertz CT molecular complexity index is 967. The minimum Gasteiger partial charge on any atom is -0.486 e. The quantitative estimate of drug-likeness (QED) is 0.759. The molecule has 7 nitrogen and oxygen atoms in total. The fraction of sp³-hybridized carbons (Fsp3) is 0.522. The van der Waals surface area contributed by atoms with Gasteiger partial charge in [0.05, 0.1) is 6.04 Å². The van der Waals surface area contributed by atoms with Crippen molar-refractivity contribution in [2.75, 3.05) is 38.8 Å². The summed E-state index contributed by atoms with van der Waals surface area (Å²) >= 11 is 0. The van der Waals surface area contributed by atoms with Gasteiger partial charge in [-0.05, 0) is 55.2 Å². The van der Waals surface area contributed by atoms with E-state index in [1.54, 1.807) is 6.07 Å². The van der Waals surface area contributed by atoms with Crippen molar-refractivity contribution < 1.29 is 14.3 Å². The van der Waals surface area contributed by atoms with E-state index in [1.165, 1.54) is 24.0 Å². The van der Waals surface area contributed by atoms with Crippen molar-refractivity contribution in [2.24, 2.45) is 0 Å². The molecule has 3 aliphatic rings. The number of amides is 1. The molecule has 1 amide bonds. The van der Waals surface area contributed by atoms with E-state index < -0.39 is 0 Å². The third kappa shape index (κ3) is 2.99. The van der Waals surface area contributed by atoms with E-state index in [2.05, 4.69) is 29.3 Å². The highest BCUT2D eigenvalue weighted by molar-refractivity contribution is 5.93. The van der Waals surface area contributed by atoms with Crippen LogP contribution in [0.4, 0.5) is 5.82 Å². The molecule has 0 radical (unpaired) electrons. The molecule has 0 bridgehead atoms. The van der Waals surface area contributed by atoms with E-state index in [0.29, 0.717) is 25.5 Å². The van der Waals surface area contributed by atoms with Gasteiger partial charge in [0, 0.05) is 26.1 Å². The Balaban J connectivity index is 1.54. The van der Waals surface area contributed by atoms with Crippen molar-refractivity contribution in [3.63, 3.8) is 0 Å². The van der Waals surface area contributed by atoms with Crippen LogP contribution in [0.2, 0.25) is 0 Å². The lowest BCUT2D eigenvalue weighted by Gasteiger charge is -2.46. The lowest BCUT2D eigenvalue weighted by atomic mass is 9.71. The molecule has 30 heavy (non-hydrogen) atoms. The van der Waals surface area contributed by atoms with Gasteiger partial charge in [-0.15, -0.1) is 10.2 Å². The van der Waals surface area contributed by atoms with Crippen LogP contribution in [0.3, 0.4) is 0 Å². The summed E-state index contributed by atoms with van der Waals surface area (Å²) in [6.45, 7) is 3.94. The van der Waals surface area contributed by atoms with Crippen LogP contribution < -0.4 is 14.4 Å². The van der Waals surface area contributed by atoms with Crippen molar-refractivity contribution in [1.82, 2.24) is 15.1 Å². The summed E-state index contributed by atoms with van der Waals surface area (Å²) in [5, 5.41) is 8.43. The van der Waals surface area contributed by atoms with Crippen LogP contribution in [-0.4, -0.2) is 54.9 Å². The summed E-state index contributed by atoms with van der Waals surface area (Å²) in [6.07, 6.45) is 4.53. The Morgan fingerprint density at radius 3 is 2.43 bits per heavy atom. The normalized spacial score (nSPS) is 21.4. The van der Waals surface area contributed by atoms with E-state index in [1.807, 2.05) is 30.0 Å². The van der Waals surface area contributed by atoms with Gasteiger partial charge < -0.3 is 19.3 Å². The van der Waals surface area contributed by atoms with E-state index in [4.69, 9.17) is 9.47 Å². The van der Waals surface area contributed by atoms with E-state index >= 15 is 0 Å². The molecular formula is C23H28N4O3. The third-order valence-electron chi connectivity index (χ3n) is 6.83. The van der Waals surface area contributed by atoms with Gasteiger partial charge in [0.2, 0.25) is 0 Å². The molecule has 1 aliphatic carbocycles. The SMILES string of the molecule is CC1c2cc3c(cc2C2(CCCC2)CN1C(=O)c1ccc(N(C)C)nn1)OCCO3. The molecule has 0 N–H and O–H groups in total. The molecule has 1 aromatic heterocycles. The van der Waals surface area contributed by atoms with Crippen LogP contribution in [0, 0.1) is 0 Å². The summed E-state index contributed by atoms with van der Waals surface area (Å²) < 4.78 is 11.7. The molecule has 1 saturated carbocycles. The highest BCUT2D eigenvalue weighted by Crippen LogP contribution is 2.52. The average molecular weight is 409 g/mol. The highest BCUT2D eigenvalue weighted by atomic mass is 16.6. The number of rotatable bonds is 2. The Morgan fingerprint density at radius 2 is 1.80 bits per heavy atom. The number of carbonyl (C=O) groups excluding carboxylic acids is 1. The van der Waals surface area contributed by atoms with Crippen LogP contribution in [0.1, 0.15) is 60.3 Å². The fourth-order valence-corrected chi connectivity index (χ4v) is 5.18. The van der Waals surface area contributed by atoms with Gasteiger partial charge in [0.1, 0.15) is 13.2 Å². The Morgan fingerprint density at radius 1 is 1.10 bits per heavy atom. The fourth-order valence-electron chi connectivity index (χ4n) is 5.18. The topological polar surface area (TPSA) is 67.8 Å². The van der Waals surface area contributed by atoms with Gasteiger partial charge in [-0.3, -0.25) is 4.79 Å². The number of anilines is 1. The first kappa shape index (κ1) is 19.2. The number of benzene rings is 1. The number of hydrogen-bond donors (Lipinski definition) is 0. The Hall–Kier alpha value is -2.83. The van der Waals surface area contributed by atoms with Gasteiger partial charge in [-0.25, -0.2) is 0 Å². The second-order valence-electron chi connectivity index (χ2n) is 8.85. The number of aromatic nitrogens is 2. The minimum atomic E-state index is -0.0649. The number of fused-ring (bicyclic) bond motifs is 3. The maximum Gasteiger partial charge on any atom is 0.274 e. The number of ether oxygens (including phenoxy) is 2. The predicted molar refractivity (Wildman–Crippen MR) is 113 cm³/mol. The minimum absolute atomic E-state index is 0.0235. The van der Waals surface area contributed by atoms with Gasteiger partial charge in [-0.1, -0.05) is 12.8 Å². The molecule has 1 spiro atoms. The maximum absolute atomic E-state index is 13.5. The van der Waals surface area contributed by atoms with Crippen LogP contribution in [0.5, 0.6) is 11.5 Å². The second kappa shape index (κ2) is 7.15.